The van der Waals surface area contributed by atoms with E-state index in [-0.39, 0.29) is 17.5 Å². The normalized spacial score (nSPS) is 14.9. The highest BCUT2D eigenvalue weighted by Gasteiger charge is 2.29. The number of furan rings is 1. The zero-order valence-electron chi connectivity index (χ0n) is 14.8. The standard InChI is InChI=1S/C17H22N2O5S/c1-11-9-15(12(2)19(11)13-5-6-13)17(20)23-10-14-7-8-16(24-14)25(21,22)18(3)4/h7-9,13H,5-6,10H2,1-4H3. The number of ether oxygens (including phenoxy) is 1. The van der Waals surface area contributed by atoms with Gasteiger partial charge in [0, 0.05) is 31.5 Å². The number of hydrogen-bond donors (Lipinski definition) is 0. The molecule has 25 heavy (non-hydrogen) atoms. The molecule has 1 fully saturated rings. The minimum absolute atomic E-state index is 0.116. The number of aryl methyl sites for hydroxylation is 1. The number of rotatable bonds is 6. The molecule has 1 aliphatic carbocycles. The van der Waals surface area contributed by atoms with Gasteiger partial charge in [-0.3, -0.25) is 0 Å². The first-order valence-corrected chi connectivity index (χ1v) is 9.52. The van der Waals surface area contributed by atoms with Crippen molar-refractivity contribution in [1.82, 2.24) is 8.87 Å². The van der Waals surface area contributed by atoms with Gasteiger partial charge in [-0.05, 0) is 44.9 Å². The van der Waals surface area contributed by atoms with E-state index in [0.717, 1.165) is 28.5 Å². The van der Waals surface area contributed by atoms with Crippen LogP contribution in [0.15, 0.2) is 27.7 Å². The van der Waals surface area contributed by atoms with E-state index in [1.54, 1.807) is 0 Å². The molecule has 1 saturated carbocycles. The molecule has 2 aromatic heterocycles. The number of esters is 1. The second-order valence-electron chi connectivity index (χ2n) is 6.47. The molecule has 0 aromatic carbocycles. The number of carbonyl (C=O) groups excluding carboxylic acids is 1. The van der Waals surface area contributed by atoms with Crippen molar-refractivity contribution >= 4 is 16.0 Å². The molecule has 1 aliphatic rings. The molecule has 2 aromatic rings. The Morgan fingerprint density at radius 3 is 2.60 bits per heavy atom. The number of aromatic nitrogens is 1. The predicted octanol–water partition coefficient (Wildman–Crippen LogP) is 2.64. The minimum Gasteiger partial charge on any atom is -0.454 e. The van der Waals surface area contributed by atoms with Crippen LogP contribution in [0.4, 0.5) is 0 Å². The molecule has 3 rings (SSSR count). The van der Waals surface area contributed by atoms with Crippen molar-refractivity contribution in [1.29, 1.82) is 0 Å². The SMILES string of the molecule is Cc1cc(C(=O)OCc2ccc(S(=O)(=O)N(C)C)o2)c(C)n1C1CC1. The molecule has 0 spiro atoms. The third-order valence-electron chi connectivity index (χ3n) is 4.33. The van der Waals surface area contributed by atoms with E-state index in [9.17, 15) is 13.2 Å². The van der Waals surface area contributed by atoms with Gasteiger partial charge < -0.3 is 13.7 Å². The summed E-state index contributed by atoms with van der Waals surface area (Å²) in [6, 6.07) is 5.18. The van der Waals surface area contributed by atoms with E-state index in [1.165, 1.54) is 26.2 Å². The van der Waals surface area contributed by atoms with Crippen LogP contribution in [0.2, 0.25) is 0 Å². The lowest BCUT2D eigenvalue weighted by Crippen LogP contribution is -2.21. The van der Waals surface area contributed by atoms with E-state index < -0.39 is 16.0 Å². The van der Waals surface area contributed by atoms with Gasteiger partial charge in [0.05, 0.1) is 5.56 Å². The lowest BCUT2D eigenvalue weighted by atomic mass is 10.2. The zero-order chi connectivity index (χ0) is 18.4. The highest BCUT2D eigenvalue weighted by Crippen LogP contribution is 2.38. The Hall–Kier alpha value is -2.06. The Labute approximate surface area is 147 Å². The average molecular weight is 366 g/mol. The summed E-state index contributed by atoms with van der Waals surface area (Å²) in [7, 11) is -0.788. The van der Waals surface area contributed by atoms with Crippen LogP contribution < -0.4 is 0 Å². The fourth-order valence-electron chi connectivity index (χ4n) is 2.85. The third kappa shape index (κ3) is 3.36. The lowest BCUT2D eigenvalue weighted by Gasteiger charge is -2.08. The smallest absolute Gasteiger partial charge is 0.340 e. The molecule has 0 atom stereocenters. The van der Waals surface area contributed by atoms with E-state index in [4.69, 9.17) is 9.15 Å². The maximum Gasteiger partial charge on any atom is 0.340 e. The maximum atomic E-state index is 12.4. The van der Waals surface area contributed by atoms with Gasteiger partial charge in [-0.25, -0.2) is 17.5 Å². The fraction of sp³-hybridized carbons (Fsp3) is 0.471. The zero-order valence-corrected chi connectivity index (χ0v) is 15.6. The Balaban J connectivity index is 1.69. The van der Waals surface area contributed by atoms with Crippen LogP contribution in [0.25, 0.3) is 0 Å². The Morgan fingerprint density at radius 1 is 1.32 bits per heavy atom. The van der Waals surface area contributed by atoms with Crippen LogP contribution in [-0.2, 0) is 21.4 Å². The van der Waals surface area contributed by atoms with Crippen LogP contribution in [0, 0.1) is 13.8 Å². The van der Waals surface area contributed by atoms with Crippen LogP contribution in [-0.4, -0.2) is 37.4 Å². The number of sulfonamides is 1. The molecule has 0 radical (unpaired) electrons. The summed E-state index contributed by atoms with van der Waals surface area (Å²) in [4.78, 5) is 12.4. The number of nitrogens with zero attached hydrogens (tertiary/aromatic N) is 2. The Bertz CT molecular complexity index is 904. The first-order valence-electron chi connectivity index (χ1n) is 8.08. The number of hydrogen-bond acceptors (Lipinski definition) is 5. The Kier molecular flexibility index (Phi) is 4.51. The highest BCUT2D eigenvalue weighted by molar-refractivity contribution is 7.88. The van der Waals surface area contributed by atoms with Crippen molar-refractivity contribution < 1.29 is 22.4 Å². The number of carbonyl (C=O) groups is 1. The van der Waals surface area contributed by atoms with Crippen molar-refractivity contribution in [2.24, 2.45) is 0 Å². The molecule has 7 nitrogen and oxygen atoms in total. The molecule has 0 aliphatic heterocycles. The summed E-state index contributed by atoms with van der Waals surface area (Å²) >= 11 is 0. The quantitative estimate of drug-likeness (QED) is 0.734. The van der Waals surface area contributed by atoms with Gasteiger partial charge in [0.1, 0.15) is 12.4 Å². The van der Waals surface area contributed by atoms with Crippen LogP contribution in [0.3, 0.4) is 0 Å². The van der Waals surface area contributed by atoms with Crippen LogP contribution in [0.5, 0.6) is 0 Å². The Morgan fingerprint density at radius 2 is 2.00 bits per heavy atom. The first-order chi connectivity index (χ1) is 11.7. The second kappa shape index (κ2) is 6.34. The molecular formula is C17H22N2O5S. The largest absolute Gasteiger partial charge is 0.454 e. The van der Waals surface area contributed by atoms with Gasteiger partial charge in [0.15, 0.2) is 0 Å². The molecule has 0 bridgehead atoms. The van der Waals surface area contributed by atoms with Gasteiger partial charge >= 0.3 is 5.97 Å². The lowest BCUT2D eigenvalue weighted by molar-refractivity contribution is 0.0439. The molecule has 0 saturated heterocycles. The van der Waals surface area contributed by atoms with Crippen LogP contribution in [0.1, 0.15) is 46.4 Å². The van der Waals surface area contributed by atoms with Gasteiger partial charge in [-0.1, -0.05) is 0 Å². The van der Waals surface area contributed by atoms with E-state index in [2.05, 4.69) is 4.57 Å². The van der Waals surface area contributed by atoms with E-state index in [0.29, 0.717) is 11.6 Å². The molecule has 8 heteroatoms. The van der Waals surface area contributed by atoms with Gasteiger partial charge in [-0.15, -0.1) is 0 Å². The van der Waals surface area contributed by atoms with Crippen molar-refractivity contribution in [3.8, 4) is 0 Å². The summed E-state index contributed by atoms with van der Waals surface area (Å²) in [6.45, 7) is 3.78. The van der Waals surface area contributed by atoms with Gasteiger partial charge in [0.25, 0.3) is 10.0 Å². The van der Waals surface area contributed by atoms with Gasteiger partial charge in [0.2, 0.25) is 5.09 Å². The molecule has 0 amide bonds. The van der Waals surface area contributed by atoms with Crippen molar-refractivity contribution in [3.05, 3.63) is 40.9 Å². The first kappa shape index (κ1) is 17.8. The molecular weight excluding hydrogens is 344 g/mol. The molecule has 2 heterocycles. The molecule has 0 N–H and O–H groups in total. The van der Waals surface area contributed by atoms with Gasteiger partial charge in [-0.2, -0.15) is 0 Å². The average Bonchev–Trinajstić information content (AvgIpc) is 3.16. The maximum absolute atomic E-state index is 12.4. The monoisotopic (exact) mass is 366 g/mol. The summed E-state index contributed by atoms with van der Waals surface area (Å²) in [6.07, 6.45) is 2.28. The van der Waals surface area contributed by atoms with Crippen molar-refractivity contribution in [2.75, 3.05) is 14.1 Å². The van der Waals surface area contributed by atoms with Crippen molar-refractivity contribution in [2.45, 2.75) is 44.4 Å². The fourth-order valence-corrected chi connectivity index (χ4v) is 3.66. The van der Waals surface area contributed by atoms with E-state index >= 15 is 0 Å². The summed E-state index contributed by atoms with van der Waals surface area (Å²) < 4.78 is 37.8. The second-order valence-corrected chi connectivity index (χ2v) is 8.55. The third-order valence-corrected chi connectivity index (χ3v) is 6.02. The summed E-state index contributed by atoms with van der Waals surface area (Å²) in [5, 5.41) is -0.171. The molecule has 136 valence electrons. The minimum atomic E-state index is -3.64. The highest BCUT2D eigenvalue weighted by atomic mass is 32.2. The topological polar surface area (TPSA) is 81.8 Å². The summed E-state index contributed by atoms with van der Waals surface area (Å²) in [5.41, 5.74) is 2.49. The van der Waals surface area contributed by atoms with Crippen LogP contribution >= 0.6 is 0 Å². The van der Waals surface area contributed by atoms with Crippen molar-refractivity contribution in [3.63, 3.8) is 0 Å². The van der Waals surface area contributed by atoms with E-state index in [1.807, 2.05) is 19.9 Å². The summed E-state index contributed by atoms with van der Waals surface area (Å²) in [5.74, 6) is -0.154. The molecule has 0 unspecified atom stereocenters. The predicted molar refractivity (Wildman–Crippen MR) is 90.9 cm³/mol.